The Bertz CT molecular complexity index is 626. The fraction of sp³-hybridized carbons (Fsp3) is 0.278. The molecule has 0 unspecified atom stereocenters. The highest BCUT2D eigenvalue weighted by Crippen LogP contribution is 2.12. The number of para-hydroxylation sites is 1. The Labute approximate surface area is 136 Å². The molecule has 0 aromatic heterocycles. The van der Waals surface area contributed by atoms with E-state index in [4.69, 9.17) is 15.2 Å². The number of carbonyl (C=O) groups is 1. The average Bonchev–Trinajstić information content (AvgIpc) is 2.58. The number of ether oxygens (including phenoxy) is 2. The van der Waals surface area contributed by atoms with Gasteiger partial charge in [0.25, 0.3) is 5.91 Å². The van der Waals surface area contributed by atoms with Gasteiger partial charge in [0, 0.05) is 18.8 Å². The van der Waals surface area contributed by atoms with Crippen LogP contribution in [0.4, 0.5) is 5.69 Å². The third-order valence-electron chi connectivity index (χ3n) is 3.38. The summed E-state index contributed by atoms with van der Waals surface area (Å²) in [6.07, 6.45) is 0.745. The number of anilines is 1. The molecule has 0 spiro atoms. The second kappa shape index (κ2) is 8.80. The first kappa shape index (κ1) is 16.8. The van der Waals surface area contributed by atoms with Crippen molar-refractivity contribution in [2.75, 3.05) is 26.0 Å². The molecule has 0 fully saturated rings. The quantitative estimate of drug-likeness (QED) is 0.580. The molecule has 2 aromatic rings. The third kappa shape index (κ3) is 5.30. The lowest BCUT2D eigenvalue weighted by Gasteiger charge is -2.08. The highest BCUT2D eigenvalue weighted by Gasteiger charge is 2.07. The molecule has 0 heterocycles. The standard InChI is InChI=1S/C18H22N2O3/c1-22-15-9-7-14(8-10-15)13-23-12-4-11-20-18(21)16-5-2-3-6-17(16)19/h2-3,5-10H,4,11-13,19H2,1H3,(H,20,21). The number of nitrogens with two attached hydrogens (primary N) is 1. The zero-order valence-corrected chi connectivity index (χ0v) is 13.2. The Morgan fingerprint density at radius 3 is 2.57 bits per heavy atom. The van der Waals surface area contributed by atoms with Crippen LogP contribution in [0.2, 0.25) is 0 Å². The second-order valence-corrected chi connectivity index (χ2v) is 5.10. The molecule has 0 aliphatic rings. The van der Waals surface area contributed by atoms with Gasteiger partial charge in [-0.15, -0.1) is 0 Å². The van der Waals surface area contributed by atoms with E-state index in [2.05, 4.69) is 5.32 Å². The molecular weight excluding hydrogens is 292 g/mol. The molecule has 5 nitrogen and oxygen atoms in total. The fourth-order valence-corrected chi connectivity index (χ4v) is 2.09. The van der Waals surface area contributed by atoms with E-state index in [1.54, 1.807) is 31.4 Å². The van der Waals surface area contributed by atoms with E-state index in [-0.39, 0.29) is 5.91 Å². The Balaban J connectivity index is 1.62. The second-order valence-electron chi connectivity index (χ2n) is 5.10. The number of hydrogen-bond donors (Lipinski definition) is 2. The van der Waals surface area contributed by atoms with Gasteiger partial charge in [0.15, 0.2) is 0 Å². The normalized spacial score (nSPS) is 10.3. The van der Waals surface area contributed by atoms with E-state index in [1.165, 1.54) is 0 Å². The number of hydrogen-bond acceptors (Lipinski definition) is 4. The fourth-order valence-electron chi connectivity index (χ4n) is 2.09. The van der Waals surface area contributed by atoms with Crippen LogP contribution >= 0.6 is 0 Å². The van der Waals surface area contributed by atoms with E-state index >= 15 is 0 Å². The van der Waals surface area contributed by atoms with Gasteiger partial charge in [-0.05, 0) is 36.2 Å². The van der Waals surface area contributed by atoms with Gasteiger partial charge in [0.2, 0.25) is 0 Å². The molecule has 122 valence electrons. The molecule has 0 radical (unpaired) electrons. The molecule has 23 heavy (non-hydrogen) atoms. The lowest BCUT2D eigenvalue weighted by Crippen LogP contribution is -2.26. The van der Waals surface area contributed by atoms with E-state index < -0.39 is 0 Å². The van der Waals surface area contributed by atoms with Crippen LogP contribution in [0.25, 0.3) is 0 Å². The molecule has 0 aliphatic heterocycles. The van der Waals surface area contributed by atoms with Crippen molar-refractivity contribution in [3.8, 4) is 5.75 Å². The molecule has 0 bridgehead atoms. The Hall–Kier alpha value is -2.53. The summed E-state index contributed by atoms with van der Waals surface area (Å²) < 4.78 is 10.7. The van der Waals surface area contributed by atoms with Crippen molar-refractivity contribution in [1.82, 2.24) is 5.32 Å². The number of benzene rings is 2. The topological polar surface area (TPSA) is 73.6 Å². The molecule has 2 rings (SSSR count). The maximum atomic E-state index is 11.9. The lowest BCUT2D eigenvalue weighted by molar-refractivity contribution is 0.0935. The summed E-state index contributed by atoms with van der Waals surface area (Å²) in [6, 6.07) is 14.8. The van der Waals surface area contributed by atoms with Crippen LogP contribution in [-0.4, -0.2) is 26.2 Å². The van der Waals surface area contributed by atoms with Gasteiger partial charge in [0.1, 0.15) is 5.75 Å². The molecule has 0 aliphatic carbocycles. The number of methoxy groups -OCH3 is 1. The Morgan fingerprint density at radius 2 is 1.87 bits per heavy atom. The first-order valence-electron chi connectivity index (χ1n) is 7.54. The summed E-state index contributed by atoms with van der Waals surface area (Å²) in [5.41, 5.74) is 7.85. The summed E-state index contributed by atoms with van der Waals surface area (Å²) in [6.45, 7) is 1.68. The highest BCUT2D eigenvalue weighted by molar-refractivity contribution is 5.98. The largest absolute Gasteiger partial charge is 0.497 e. The number of nitrogen functional groups attached to an aromatic ring is 1. The SMILES string of the molecule is COc1ccc(COCCCNC(=O)c2ccccc2N)cc1. The first-order chi connectivity index (χ1) is 11.2. The van der Waals surface area contributed by atoms with Crippen molar-refractivity contribution >= 4 is 11.6 Å². The zero-order chi connectivity index (χ0) is 16.5. The summed E-state index contributed by atoms with van der Waals surface area (Å²) in [4.78, 5) is 11.9. The molecule has 0 saturated carbocycles. The first-order valence-corrected chi connectivity index (χ1v) is 7.54. The van der Waals surface area contributed by atoms with Crippen molar-refractivity contribution in [2.24, 2.45) is 0 Å². The van der Waals surface area contributed by atoms with Crippen molar-refractivity contribution in [3.05, 3.63) is 59.7 Å². The smallest absolute Gasteiger partial charge is 0.253 e. The van der Waals surface area contributed by atoms with Crippen LogP contribution in [0.15, 0.2) is 48.5 Å². The number of rotatable bonds is 8. The number of carbonyl (C=O) groups excluding carboxylic acids is 1. The van der Waals surface area contributed by atoms with Crippen LogP contribution in [-0.2, 0) is 11.3 Å². The molecule has 1 amide bonds. The van der Waals surface area contributed by atoms with Gasteiger partial charge in [0.05, 0.1) is 19.3 Å². The minimum Gasteiger partial charge on any atom is -0.497 e. The zero-order valence-electron chi connectivity index (χ0n) is 13.2. The van der Waals surface area contributed by atoms with Crippen molar-refractivity contribution in [2.45, 2.75) is 13.0 Å². The van der Waals surface area contributed by atoms with Crippen molar-refractivity contribution < 1.29 is 14.3 Å². The predicted octanol–water partition coefficient (Wildman–Crippen LogP) is 2.61. The van der Waals surface area contributed by atoms with Gasteiger partial charge in [-0.3, -0.25) is 4.79 Å². The van der Waals surface area contributed by atoms with Crippen LogP contribution in [0.5, 0.6) is 5.75 Å². The van der Waals surface area contributed by atoms with E-state index in [0.717, 1.165) is 17.7 Å². The van der Waals surface area contributed by atoms with Gasteiger partial charge in [-0.1, -0.05) is 24.3 Å². The minimum absolute atomic E-state index is 0.154. The van der Waals surface area contributed by atoms with E-state index in [0.29, 0.717) is 31.0 Å². The van der Waals surface area contributed by atoms with E-state index in [9.17, 15) is 4.79 Å². The monoisotopic (exact) mass is 314 g/mol. The Morgan fingerprint density at radius 1 is 1.13 bits per heavy atom. The lowest BCUT2D eigenvalue weighted by atomic mass is 10.1. The molecule has 0 atom stereocenters. The average molecular weight is 314 g/mol. The van der Waals surface area contributed by atoms with Crippen LogP contribution in [0.1, 0.15) is 22.3 Å². The summed E-state index contributed by atoms with van der Waals surface area (Å²) in [5.74, 6) is 0.676. The van der Waals surface area contributed by atoms with Gasteiger partial charge >= 0.3 is 0 Å². The van der Waals surface area contributed by atoms with Crippen LogP contribution < -0.4 is 15.8 Å². The maximum absolute atomic E-state index is 11.9. The minimum atomic E-state index is -0.154. The van der Waals surface area contributed by atoms with Gasteiger partial charge in [-0.2, -0.15) is 0 Å². The molecule has 0 saturated heterocycles. The molecule has 2 aromatic carbocycles. The summed E-state index contributed by atoms with van der Waals surface area (Å²) in [5, 5.41) is 2.84. The van der Waals surface area contributed by atoms with Crippen LogP contribution in [0, 0.1) is 0 Å². The van der Waals surface area contributed by atoms with Crippen molar-refractivity contribution in [3.63, 3.8) is 0 Å². The van der Waals surface area contributed by atoms with Crippen LogP contribution in [0.3, 0.4) is 0 Å². The summed E-state index contributed by atoms with van der Waals surface area (Å²) in [7, 11) is 1.64. The predicted molar refractivity (Wildman–Crippen MR) is 90.5 cm³/mol. The number of nitrogens with one attached hydrogen (secondary N) is 1. The maximum Gasteiger partial charge on any atom is 0.253 e. The summed E-state index contributed by atoms with van der Waals surface area (Å²) >= 11 is 0. The third-order valence-corrected chi connectivity index (χ3v) is 3.38. The molecular formula is C18H22N2O3. The van der Waals surface area contributed by atoms with E-state index in [1.807, 2.05) is 24.3 Å². The van der Waals surface area contributed by atoms with Crippen molar-refractivity contribution in [1.29, 1.82) is 0 Å². The molecule has 3 N–H and O–H groups in total. The molecule has 5 heteroatoms. The highest BCUT2D eigenvalue weighted by atomic mass is 16.5. The number of amides is 1. The van der Waals surface area contributed by atoms with Gasteiger partial charge in [-0.25, -0.2) is 0 Å². The Kier molecular flexibility index (Phi) is 6.44. The van der Waals surface area contributed by atoms with Gasteiger partial charge < -0.3 is 20.5 Å².